The molecule has 1 aliphatic rings. The fourth-order valence-electron chi connectivity index (χ4n) is 3.22. The van der Waals surface area contributed by atoms with Gasteiger partial charge in [0.1, 0.15) is 5.82 Å². The number of urea groups is 1. The zero-order chi connectivity index (χ0) is 18.9. The van der Waals surface area contributed by atoms with Crippen LogP contribution in [0.4, 0.5) is 14.9 Å². The molecule has 1 saturated heterocycles. The summed E-state index contributed by atoms with van der Waals surface area (Å²) in [6, 6.07) is 16.5. The van der Waals surface area contributed by atoms with Crippen LogP contribution in [0.5, 0.6) is 0 Å². The lowest BCUT2D eigenvalue weighted by Crippen LogP contribution is -2.47. The summed E-state index contributed by atoms with van der Waals surface area (Å²) in [4.78, 5) is 16.7. The van der Waals surface area contributed by atoms with Gasteiger partial charge in [0.05, 0.1) is 0 Å². The molecule has 1 fully saturated rings. The molecule has 2 N–H and O–H groups in total. The van der Waals surface area contributed by atoms with Gasteiger partial charge in [-0.3, -0.25) is 4.90 Å². The Balaban J connectivity index is 1.26. The van der Waals surface area contributed by atoms with Gasteiger partial charge in [-0.15, -0.1) is 0 Å². The second-order valence-electron chi connectivity index (χ2n) is 6.75. The van der Waals surface area contributed by atoms with Crippen LogP contribution in [0.3, 0.4) is 0 Å². The molecule has 2 aromatic carbocycles. The maximum Gasteiger partial charge on any atom is 0.315 e. The number of hydrogen-bond acceptors (Lipinski definition) is 3. The zero-order valence-electron chi connectivity index (χ0n) is 15.5. The van der Waals surface area contributed by atoms with Crippen LogP contribution in [0.15, 0.2) is 54.6 Å². The van der Waals surface area contributed by atoms with E-state index in [-0.39, 0.29) is 11.8 Å². The number of rotatable bonds is 7. The molecule has 144 valence electrons. The van der Waals surface area contributed by atoms with Gasteiger partial charge in [-0.1, -0.05) is 30.3 Å². The van der Waals surface area contributed by atoms with Gasteiger partial charge in [-0.05, 0) is 42.8 Å². The monoisotopic (exact) mass is 370 g/mol. The first-order valence-electron chi connectivity index (χ1n) is 9.49. The minimum Gasteiger partial charge on any atom is -0.369 e. The van der Waals surface area contributed by atoms with Crippen molar-refractivity contribution in [3.63, 3.8) is 0 Å². The Bertz CT molecular complexity index is 700. The Labute approximate surface area is 160 Å². The molecule has 5 nitrogen and oxygen atoms in total. The van der Waals surface area contributed by atoms with Gasteiger partial charge in [0.25, 0.3) is 0 Å². The summed E-state index contributed by atoms with van der Waals surface area (Å²) in [6.07, 6.45) is 0.926. The van der Waals surface area contributed by atoms with Crippen molar-refractivity contribution in [1.29, 1.82) is 0 Å². The minimum atomic E-state index is -0.271. The van der Waals surface area contributed by atoms with E-state index in [1.807, 2.05) is 6.07 Å². The molecule has 6 heteroatoms. The number of amides is 2. The summed E-state index contributed by atoms with van der Waals surface area (Å²) >= 11 is 0. The normalized spacial score (nSPS) is 14.8. The molecule has 1 heterocycles. The molecular formula is C21H27FN4O. The Morgan fingerprint density at radius 1 is 0.926 bits per heavy atom. The number of carbonyl (C=O) groups excluding carboxylic acids is 1. The number of benzene rings is 2. The summed E-state index contributed by atoms with van der Waals surface area (Å²) in [5.74, 6) is -0.271. The molecule has 0 spiro atoms. The third kappa shape index (κ3) is 6.25. The molecule has 0 saturated carbocycles. The third-order valence-corrected chi connectivity index (χ3v) is 4.80. The smallest absolute Gasteiger partial charge is 0.315 e. The van der Waals surface area contributed by atoms with Crippen LogP contribution in [-0.2, 0) is 6.54 Å². The van der Waals surface area contributed by atoms with Crippen LogP contribution >= 0.6 is 0 Å². The Morgan fingerprint density at radius 2 is 1.63 bits per heavy atom. The maximum absolute atomic E-state index is 12.8. The van der Waals surface area contributed by atoms with E-state index in [9.17, 15) is 9.18 Å². The predicted molar refractivity (Wildman–Crippen MR) is 106 cm³/mol. The first-order valence-corrected chi connectivity index (χ1v) is 9.49. The van der Waals surface area contributed by atoms with E-state index in [4.69, 9.17) is 0 Å². The SMILES string of the molecule is O=C(NCCCN1CCN(c2ccccc2)CC1)NCc1ccc(F)cc1. The first-order chi connectivity index (χ1) is 13.2. The first kappa shape index (κ1) is 19.2. The maximum atomic E-state index is 12.8. The zero-order valence-corrected chi connectivity index (χ0v) is 15.5. The van der Waals surface area contributed by atoms with Gasteiger partial charge >= 0.3 is 6.03 Å². The lowest BCUT2D eigenvalue weighted by Gasteiger charge is -2.36. The van der Waals surface area contributed by atoms with Crippen LogP contribution < -0.4 is 15.5 Å². The number of halogens is 1. The van der Waals surface area contributed by atoms with Gasteiger partial charge in [0, 0.05) is 45.0 Å². The number of hydrogen-bond donors (Lipinski definition) is 2. The average molecular weight is 370 g/mol. The molecule has 0 unspecified atom stereocenters. The van der Waals surface area contributed by atoms with Gasteiger partial charge < -0.3 is 15.5 Å². The largest absolute Gasteiger partial charge is 0.369 e. The summed E-state index contributed by atoms with van der Waals surface area (Å²) < 4.78 is 12.8. The second-order valence-corrected chi connectivity index (χ2v) is 6.75. The lowest BCUT2D eigenvalue weighted by molar-refractivity contribution is 0.235. The Morgan fingerprint density at radius 3 is 2.33 bits per heavy atom. The van der Waals surface area contributed by atoms with E-state index in [1.165, 1.54) is 17.8 Å². The quantitative estimate of drug-likeness (QED) is 0.737. The number of nitrogens with zero attached hydrogens (tertiary/aromatic N) is 2. The van der Waals surface area contributed by atoms with Crippen molar-refractivity contribution < 1.29 is 9.18 Å². The molecule has 2 amide bonds. The van der Waals surface area contributed by atoms with Crippen LogP contribution in [0.25, 0.3) is 0 Å². The van der Waals surface area contributed by atoms with Crippen molar-refractivity contribution in [2.75, 3.05) is 44.2 Å². The molecule has 0 bridgehead atoms. The Kier molecular flexibility index (Phi) is 7.04. The number of nitrogens with one attached hydrogen (secondary N) is 2. The molecule has 0 aliphatic carbocycles. The van der Waals surface area contributed by atoms with E-state index in [1.54, 1.807) is 12.1 Å². The molecule has 0 aromatic heterocycles. The van der Waals surface area contributed by atoms with E-state index in [2.05, 4.69) is 44.7 Å². The summed E-state index contributed by atoms with van der Waals surface area (Å²) in [7, 11) is 0. The van der Waals surface area contributed by atoms with E-state index < -0.39 is 0 Å². The molecule has 2 aromatic rings. The second kappa shape index (κ2) is 9.92. The third-order valence-electron chi connectivity index (χ3n) is 4.80. The summed E-state index contributed by atoms with van der Waals surface area (Å²) in [5, 5.41) is 5.67. The van der Waals surface area contributed by atoms with E-state index >= 15 is 0 Å². The predicted octanol–water partition coefficient (Wildman–Crippen LogP) is 2.84. The fraction of sp³-hybridized carbons (Fsp3) is 0.381. The van der Waals surface area contributed by atoms with Crippen molar-refractivity contribution in [1.82, 2.24) is 15.5 Å². The van der Waals surface area contributed by atoms with Crippen molar-refractivity contribution in [2.24, 2.45) is 0 Å². The average Bonchev–Trinajstić information content (AvgIpc) is 2.72. The fourth-order valence-corrected chi connectivity index (χ4v) is 3.22. The summed E-state index contributed by atoms with van der Waals surface area (Å²) in [5.41, 5.74) is 2.17. The van der Waals surface area contributed by atoms with E-state index in [0.717, 1.165) is 44.7 Å². The standard InChI is InChI=1S/C21H27FN4O/c22-19-9-7-18(8-10-19)17-24-21(27)23-11-4-12-25-13-15-26(16-14-25)20-5-2-1-3-6-20/h1-3,5-10H,4,11-17H2,(H2,23,24,27). The Hall–Kier alpha value is -2.60. The number of para-hydroxylation sites is 1. The van der Waals surface area contributed by atoms with Crippen molar-refractivity contribution in [3.05, 3.63) is 66.0 Å². The number of piperazine rings is 1. The van der Waals surface area contributed by atoms with Crippen LogP contribution in [0.1, 0.15) is 12.0 Å². The number of anilines is 1. The van der Waals surface area contributed by atoms with Crippen LogP contribution in [-0.4, -0.2) is 50.2 Å². The highest BCUT2D eigenvalue weighted by molar-refractivity contribution is 5.73. The topological polar surface area (TPSA) is 47.6 Å². The molecule has 1 aliphatic heterocycles. The van der Waals surface area contributed by atoms with Crippen molar-refractivity contribution >= 4 is 11.7 Å². The highest BCUT2D eigenvalue weighted by atomic mass is 19.1. The molecule has 27 heavy (non-hydrogen) atoms. The van der Waals surface area contributed by atoms with E-state index in [0.29, 0.717) is 13.1 Å². The molecule has 3 rings (SSSR count). The van der Waals surface area contributed by atoms with Gasteiger partial charge in [0.15, 0.2) is 0 Å². The molecule has 0 atom stereocenters. The van der Waals surface area contributed by atoms with Crippen molar-refractivity contribution in [3.8, 4) is 0 Å². The molecule has 0 radical (unpaired) electrons. The van der Waals surface area contributed by atoms with Crippen LogP contribution in [0.2, 0.25) is 0 Å². The lowest BCUT2D eigenvalue weighted by atomic mass is 10.2. The number of carbonyl (C=O) groups is 1. The van der Waals surface area contributed by atoms with Gasteiger partial charge in [-0.2, -0.15) is 0 Å². The van der Waals surface area contributed by atoms with Gasteiger partial charge in [0.2, 0.25) is 0 Å². The van der Waals surface area contributed by atoms with Gasteiger partial charge in [-0.25, -0.2) is 9.18 Å². The van der Waals surface area contributed by atoms with Crippen LogP contribution in [0, 0.1) is 5.82 Å². The highest BCUT2D eigenvalue weighted by Gasteiger charge is 2.16. The highest BCUT2D eigenvalue weighted by Crippen LogP contribution is 2.15. The minimum absolute atomic E-state index is 0.187. The van der Waals surface area contributed by atoms with Crippen molar-refractivity contribution in [2.45, 2.75) is 13.0 Å². The summed E-state index contributed by atoms with van der Waals surface area (Å²) in [6.45, 7) is 6.20. The molecular weight excluding hydrogens is 343 g/mol.